The van der Waals surface area contributed by atoms with Crippen LogP contribution in [0.1, 0.15) is 44.2 Å². The maximum atomic E-state index is 13.3. The van der Waals surface area contributed by atoms with Gasteiger partial charge in [0.05, 0.1) is 0 Å². The predicted octanol–water partition coefficient (Wildman–Crippen LogP) is 3.49. The molecule has 0 radical (unpaired) electrons. The molecule has 1 N–H and O–H groups in total. The third-order valence-corrected chi connectivity index (χ3v) is 5.42. The molecule has 1 aliphatic heterocycles. The van der Waals surface area contributed by atoms with E-state index in [1.54, 1.807) is 12.1 Å². The molecule has 2 atom stereocenters. The van der Waals surface area contributed by atoms with Crippen molar-refractivity contribution >= 4 is 0 Å². The van der Waals surface area contributed by atoms with Crippen LogP contribution >= 0.6 is 0 Å². The topological polar surface area (TPSA) is 15.3 Å². The Morgan fingerprint density at radius 3 is 2.76 bits per heavy atom. The van der Waals surface area contributed by atoms with Gasteiger partial charge in [-0.2, -0.15) is 0 Å². The minimum atomic E-state index is -0.133. The fraction of sp³-hybridized carbons (Fsp3) is 0.667. The summed E-state index contributed by atoms with van der Waals surface area (Å²) in [7, 11) is 0. The zero-order chi connectivity index (χ0) is 15.0. The number of halogens is 1. The molecule has 1 saturated carbocycles. The molecular weight excluding hydrogens is 263 g/mol. The smallest absolute Gasteiger partial charge is 0.123 e. The average Bonchev–Trinajstić information content (AvgIpc) is 3.27. The Labute approximate surface area is 127 Å². The van der Waals surface area contributed by atoms with Gasteiger partial charge in [-0.1, -0.05) is 13.0 Å². The van der Waals surface area contributed by atoms with Gasteiger partial charge in [0.25, 0.3) is 0 Å². The van der Waals surface area contributed by atoms with Crippen LogP contribution in [0.4, 0.5) is 4.39 Å². The normalized spacial score (nSPS) is 30.6. The van der Waals surface area contributed by atoms with E-state index in [0.29, 0.717) is 6.04 Å². The van der Waals surface area contributed by atoms with Gasteiger partial charge in [0.15, 0.2) is 0 Å². The number of aryl methyl sites for hydroxylation is 1. The van der Waals surface area contributed by atoms with E-state index >= 15 is 0 Å². The molecule has 1 aromatic rings. The van der Waals surface area contributed by atoms with Crippen molar-refractivity contribution in [2.75, 3.05) is 13.1 Å². The van der Waals surface area contributed by atoms with Crippen LogP contribution in [0.2, 0.25) is 0 Å². The summed E-state index contributed by atoms with van der Waals surface area (Å²) < 4.78 is 13.3. The monoisotopic (exact) mass is 290 g/mol. The fourth-order valence-electron chi connectivity index (χ4n) is 3.72. The first kappa shape index (κ1) is 15.0. The van der Waals surface area contributed by atoms with Crippen molar-refractivity contribution < 1.29 is 4.39 Å². The molecule has 1 aliphatic carbocycles. The second-order valence-electron chi connectivity index (χ2n) is 7.11. The summed E-state index contributed by atoms with van der Waals surface area (Å²) in [5, 5.41) is 3.80. The Balaban J connectivity index is 1.76. The molecule has 2 unspecified atom stereocenters. The molecular formula is C18H27FN2. The van der Waals surface area contributed by atoms with Crippen LogP contribution in [-0.4, -0.2) is 29.6 Å². The molecule has 0 aromatic heterocycles. The molecule has 3 rings (SSSR count). The predicted molar refractivity (Wildman–Crippen MR) is 84.8 cm³/mol. The van der Waals surface area contributed by atoms with E-state index in [-0.39, 0.29) is 11.4 Å². The van der Waals surface area contributed by atoms with E-state index in [1.165, 1.54) is 18.4 Å². The van der Waals surface area contributed by atoms with E-state index in [9.17, 15) is 4.39 Å². The molecule has 116 valence electrons. The van der Waals surface area contributed by atoms with Gasteiger partial charge in [0.2, 0.25) is 0 Å². The lowest BCUT2D eigenvalue weighted by atomic mass is 9.90. The van der Waals surface area contributed by atoms with Gasteiger partial charge in [-0.3, -0.25) is 4.90 Å². The summed E-state index contributed by atoms with van der Waals surface area (Å²) in [6, 6.07) is 5.78. The van der Waals surface area contributed by atoms with Crippen LogP contribution in [-0.2, 0) is 6.54 Å². The molecule has 0 spiro atoms. The highest BCUT2D eigenvalue weighted by atomic mass is 19.1. The maximum absolute atomic E-state index is 13.3. The molecule has 1 saturated heterocycles. The fourth-order valence-corrected chi connectivity index (χ4v) is 3.72. The molecule has 1 aromatic carbocycles. The Hall–Kier alpha value is -0.930. The molecule has 0 bridgehead atoms. The highest BCUT2D eigenvalue weighted by Gasteiger charge is 2.45. The van der Waals surface area contributed by atoms with Crippen LogP contribution in [0.5, 0.6) is 0 Å². The maximum Gasteiger partial charge on any atom is 0.123 e. The first-order valence-corrected chi connectivity index (χ1v) is 8.26. The van der Waals surface area contributed by atoms with Gasteiger partial charge < -0.3 is 5.32 Å². The highest BCUT2D eigenvalue weighted by Crippen LogP contribution is 2.41. The minimum absolute atomic E-state index is 0.133. The van der Waals surface area contributed by atoms with Crippen molar-refractivity contribution in [3.8, 4) is 0 Å². The Morgan fingerprint density at radius 2 is 2.14 bits per heavy atom. The number of rotatable bonds is 4. The molecule has 2 fully saturated rings. The second-order valence-corrected chi connectivity index (χ2v) is 7.11. The van der Waals surface area contributed by atoms with Gasteiger partial charge in [-0.25, -0.2) is 4.39 Å². The molecule has 3 heteroatoms. The standard InChI is InChI=1S/C18H27FN2/c1-4-17-10-20-18(3,15-6-7-15)12-21(17)11-14-5-8-16(19)9-13(14)2/h5,8-9,15,17,20H,4,6-7,10-12H2,1-3H3. The largest absolute Gasteiger partial charge is 0.308 e. The van der Waals surface area contributed by atoms with Gasteiger partial charge in [0, 0.05) is 31.2 Å². The molecule has 2 aliphatic rings. The lowest BCUT2D eigenvalue weighted by Crippen LogP contribution is -2.63. The molecule has 21 heavy (non-hydrogen) atoms. The summed E-state index contributed by atoms with van der Waals surface area (Å²) in [5.74, 6) is 0.707. The van der Waals surface area contributed by atoms with Crippen LogP contribution in [0.15, 0.2) is 18.2 Å². The van der Waals surface area contributed by atoms with Crippen molar-refractivity contribution in [1.82, 2.24) is 10.2 Å². The van der Waals surface area contributed by atoms with E-state index in [2.05, 4.69) is 24.1 Å². The van der Waals surface area contributed by atoms with Gasteiger partial charge in [-0.15, -0.1) is 0 Å². The molecule has 0 amide bonds. The molecule has 1 heterocycles. The third kappa shape index (κ3) is 3.14. The Kier molecular flexibility index (Phi) is 4.06. The number of hydrogen-bond acceptors (Lipinski definition) is 2. The van der Waals surface area contributed by atoms with Crippen LogP contribution in [0.25, 0.3) is 0 Å². The number of nitrogens with zero attached hydrogens (tertiary/aromatic N) is 1. The van der Waals surface area contributed by atoms with Gasteiger partial charge in [-0.05, 0) is 62.3 Å². The quantitative estimate of drug-likeness (QED) is 0.913. The number of nitrogens with one attached hydrogen (secondary N) is 1. The van der Waals surface area contributed by atoms with Crippen LogP contribution < -0.4 is 5.32 Å². The van der Waals surface area contributed by atoms with Crippen molar-refractivity contribution in [3.05, 3.63) is 35.1 Å². The average molecular weight is 290 g/mol. The van der Waals surface area contributed by atoms with Crippen molar-refractivity contribution in [2.45, 2.75) is 58.2 Å². The van der Waals surface area contributed by atoms with E-state index < -0.39 is 0 Å². The Morgan fingerprint density at radius 1 is 1.38 bits per heavy atom. The second kappa shape index (κ2) is 5.69. The van der Waals surface area contributed by atoms with E-state index in [4.69, 9.17) is 0 Å². The summed E-state index contributed by atoms with van der Waals surface area (Å²) in [5.41, 5.74) is 2.59. The number of hydrogen-bond donors (Lipinski definition) is 1. The molecule has 2 nitrogen and oxygen atoms in total. The Bertz CT molecular complexity index is 512. The first-order chi connectivity index (χ1) is 10.0. The summed E-state index contributed by atoms with van der Waals surface area (Å²) >= 11 is 0. The van der Waals surface area contributed by atoms with Gasteiger partial charge in [0.1, 0.15) is 5.82 Å². The van der Waals surface area contributed by atoms with Crippen molar-refractivity contribution in [2.24, 2.45) is 5.92 Å². The SMILES string of the molecule is CCC1CNC(C)(C2CC2)CN1Cc1ccc(F)cc1C. The first-order valence-electron chi connectivity index (χ1n) is 8.26. The lowest BCUT2D eigenvalue weighted by Gasteiger charge is -2.46. The van der Waals surface area contributed by atoms with Gasteiger partial charge >= 0.3 is 0 Å². The van der Waals surface area contributed by atoms with Crippen LogP contribution in [0, 0.1) is 18.7 Å². The number of benzene rings is 1. The zero-order valence-corrected chi connectivity index (χ0v) is 13.5. The number of piperazine rings is 1. The van der Waals surface area contributed by atoms with Crippen molar-refractivity contribution in [1.29, 1.82) is 0 Å². The summed E-state index contributed by atoms with van der Waals surface area (Å²) in [4.78, 5) is 2.61. The third-order valence-electron chi connectivity index (χ3n) is 5.42. The lowest BCUT2D eigenvalue weighted by molar-refractivity contribution is 0.0664. The zero-order valence-electron chi connectivity index (χ0n) is 13.5. The van der Waals surface area contributed by atoms with E-state index in [0.717, 1.165) is 37.5 Å². The van der Waals surface area contributed by atoms with Crippen molar-refractivity contribution in [3.63, 3.8) is 0 Å². The van der Waals surface area contributed by atoms with E-state index in [1.807, 2.05) is 13.0 Å². The minimum Gasteiger partial charge on any atom is -0.308 e. The highest BCUT2D eigenvalue weighted by molar-refractivity contribution is 5.26. The van der Waals surface area contributed by atoms with Crippen LogP contribution in [0.3, 0.4) is 0 Å². The summed E-state index contributed by atoms with van der Waals surface area (Å²) in [6.45, 7) is 9.77. The summed E-state index contributed by atoms with van der Waals surface area (Å²) in [6.07, 6.45) is 3.89.